The zero-order chi connectivity index (χ0) is 13.3. The first-order valence-corrected chi connectivity index (χ1v) is 6.00. The first-order valence-electron chi connectivity index (χ1n) is 5.24. The van der Waals surface area contributed by atoms with Crippen molar-refractivity contribution in [1.82, 2.24) is 0 Å². The summed E-state index contributed by atoms with van der Waals surface area (Å²) in [6.45, 7) is 0. The molecule has 0 saturated heterocycles. The Hall–Kier alpha value is -1.46. The predicted molar refractivity (Wildman–Crippen MR) is 70.2 cm³/mol. The number of hydrogen-bond acceptors (Lipinski definition) is 3. The fourth-order valence-electron chi connectivity index (χ4n) is 1.64. The third-order valence-corrected chi connectivity index (χ3v) is 3.70. The summed E-state index contributed by atoms with van der Waals surface area (Å²) in [6.07, 6.45) is 1.13. The Morgan fingerprint density at radius 2 is 2.06 bits per heavy atom. The summed E-state index contributed by atoms with van der Waals surface area (Å²) < 4.78 is 0. The van der Waals surface area contributed by atoms with Gasteiger partial charge in [-0.2, -0.15) is 0 Å². The maximum Gasteiger partial charge on any atom is 0.238 e. The Labute approximate surface area is 114 Å². The normalized spacial score (nSPS) is 17.3. The van der Waals surface area contributed by atoms with Gasteiger partial charge in [-0.05, 0) is 31.0 Å². The lowest BCUT2D eigenvalue weighted by Crippen LogP contribution is -2.36. The number of anilines is 1. The molecule has 96 valence electrons. The van der Waals surface area contributed by atoms with E-state index in [1.54, 1.807) is 18.2 Å². The maximum absolute atomic E-state index is 12.0. The lowest BCUT2D eigenvalue weighted by Gasteiger charge is -2.13. The van der Waals surface area contributed by atoms with Crippen LogP contribution in [0.4, 0.5) is 5.69 Å². The number of rotatable bonds is 3. The molecule has 0 aliphatic heterocycles. The van der Waals surface area contributed by atoms with Crippen molar-refractivity contribution >= 4 is 40.6 Å². The summed E-state index contributed by atoms with van der Waals surface area (Å²) in [5.41, 5.74) is 5.15. The van der Waals surface area contributed by atoms with E-state index >= 15 is 0 Å². The molecule has 1 aliphatic carbocycles. The molecule has 1 saturated carbocycles. The molecular formula is C11H11Cl2N3O2. The van der Waals surface area contributed by atoms with Crippen LogP contribution in [0.5, 0.6) is 0 Å². The smallest absolute Gasteiger partial charge is 0.238 e. The first-order chi connectivity index (χ1) is 8.49. The van der Waals surface area contributed by atoms with Crippen LogP contribution in [0.2, 0.25) is 10.0 Å². The average Bonchev–Trinajstić information content (AvgIpc) is 3.14. The lowest BCUT2D eigenvalue weighted by atomic mass is 10.1. The number of amides is 1. The quantitative estimate of drug-likeness (QED) is 0.345. The minimum atomic E-state index is -0.888. The molecule has 2 rings (SSSR count). The van der Waals surface area contributed by atoms with E-state index in [1.165, 1.54) is 0 Å². The van der Waals surface area contributed by atoms with Gasteiger partial charge in [0.15, 0.2) is 5.84 Å². The van der Waals surface area contributed by atoms with Gasteiger partial charge in [-0.1, -0.05) is 28.4 Å². The van der Waals surface area contributed by atoms with Crippen LogP contribution in [-0.4, -0.2) is 17.0 Å². The van der Waals surface area contributed by atoms with Gasteiger partial charge in [0, 0.05) is 5.69 Å². The number of amidine groups is 1. The Morgan fingerprint density at radius 1 is 1.39 bits per heavy atom. The second-order valence-corrected chi connectivity index (χ2v) is 4.96. The van der Waals surface area contributed by atoms with E-state index in [9.17, 15) is 4.79 Å². The van der Waals surface area contributed by atoms with Crippen molar-refractivity contribution in [3.8, 4) is 0 Å². The second kappa shape index (κ2) is 4.66. The van der Waals surface area contributed by atoms with Crippen LogP contribution in [0.15, 0.2) is 23.4 Å². The third kappa shape index (κ3) is 2.23. The van der Waals surface area contributed by atoms with E-state index in [4.69, 9.17) is 34.1 Å². The zero-order valence-electron chi connectivity index (χ0n) is 9.28. The highest BCUT2D eigenvalue weighted by Crippen LogP contribution is 2.46. The fraction of sp³-hybridized carbons (Fsp3) is 0.273. The van der Waals surface area contributed by atoms with E-state index < -0.39 is 5.41 Å². The highest BCUT2D eigenvalue weighted by molar-refractivity contribution is 6.42. The minimum Gasteiger partial charge on any atom is -0.409 e. The van der Waals surface area contributed by atoms with Crippen molar-refractivity contribution in [2.75, 3.05) is 5.32 Å². The standard InChI is InChI=1S/C11H11Cl2N3O2/c12-7-2-1-6(5-8(7)13)15-10(17)11(3-4-11)9(14)16-18/h1-2,5,18H,3-4H2,(H2,14,16)(H,15,17). The third-order valence-electron chi connectivity index (χ3n) is 2.96. The molecule has 0 radical (unpaired) electrons. The molecular weight excluding hydrogens is 277 g/mol. The van der Waals surface area contributed by atoms with Gasteiger partial charge in [-0.25, -0.2) is 0 Å². The molecule has 1 aromatic carbocycles. The summed E-state index contributed by atoms with van der Waals surface area (Å²) in [7, 11) is 0. The summed E-state index contributed by atoms with van der Waals surface area (Å²) >= 11 is 11.6. The number of halogens is 2. The van der Waals surface area contributed by atoms with Crippen molar-refractivity contribution in [2.45, 2.75) is 12.8 Å². The maximum atomic E-state index is 12.0. The van der Waals surface area contributed by atoms with Gasteiger partial charge in [0.1, 0.15) is 5.41 Å². The highest BCUT2D eigenvalue weighted by atomic mass is 35.5. The van der Waals surface area contributed by atoms with Crippen molar-refractivity contribution in [1.29, 1.82) is 0 Å². The predicted octanol–water partition coefficient (Wildman–Crippen LogP) is 2.46. The van der Waals surface area contributed by atoms with Crippen LogP contribution in [0.25, 0.3) is 0 Å². The number of hydrogen-bond donors (Lipinski definition) is 3. The average molecular weight is 288 g/mol. The van der Waals surface area contributed by atoms with Gasteiger partial charge < -0.3 is 16.3 Å². The highest BCUT2D eigenvalue weighted by Gasteiger charge is 2.54. The number of oxime groups is 1. The van der Waals surface area contributed by atoms with E-state index in [0.717, 1.165) is 0 Å². The second-order valence-electron chi connectivity index (χ2n) is 4.15. The molecule has 0 heterocycles. The molecule has 1 amide bonds. The van der Waals surface area contributed by atoms with E-state index in [-0.39, 0.29) is 11.7 Å². The summed E-state index contributed by atoms with van der Waals surface area (Å²) in [5, 5.41) is 15.0. The summed E-state index contributed by atoms with van der Waals surface area (Å²) in [5.74, 6) is -0.378. The van der Waals surface area contributed by atoms with Gasteiger partial charge in [0.2, 0.25) is 5.91 Å². The molecule has 1 aliphatic rings. The molecule has 7 heteroatoms. The Morgan fingerprint density at radius 3 is 2.56 bits per heavy atom. The Balaban J connectivity index is 2.15. The minimum absolute atomic E-state index is 0.0694. The number of benzene rings is 1. The van der Waals surface area contributed by atoms with Crippen LogP contribution in [0, 0.1) is 5.41 Å². The van der Waals surface area contributed by atoms with Crippen LogP contribution in [0.1, 0.15) is 12.8 Å². The van der Waals surface area contributed by atoms with E-state index in [0.29, 0.717) is 28.6 Å². The zero-order valence-corrected chi connectivity index (χ0v) is 10.8. The van der Waals surface area contributed by atoms with E-state index in [2.05, 4.69) is 10.5 Å². The molecule has 0 atom stereocenters. The van der Waals surface area contributed by atoms with Gasteiger partial charge >= 0.3 is 0 Å². The van der Waals surface area contributed by atoms with E-state index in [1.807, 2.05) is 0 Å². The van der Waals surface area contributed by atoms with Crippen molar-refractivity contribution in [2.24, 2.45) is 16.3 Å². The lowest BCUT2D eigenvalue weighted by molar-refractivity contribution is -0.119. The molecule has 18 heavy (non-hydrogen) atoms. The summed E-state index contributed by atoms with van der Waals surface area (Å²) in [6, 6.07) is 4.77. The molecule has 1 aromatic rings. The molecule has 0 unspecified atom stereocenters. The van der Waals surface area contributed by atoms with Crippen LogP contribution >= 0.6 is 23.2 Å². The van der Waals surface area contributed by atoms with Crippen LogP contribution in [0.3, 0.4) is 0 Å². The molecule has 1 fully saturated rings. The van der Waals surface area contributed by atoms with Crippen LogP contribution < -0.4 is 11.1 Å². The molecule has 0 bridgehead atoms. The van der Waals surface area contributed by atoms with Crippen molar-refractivity contribution < 1.29 is 10.0 Å². The fourth-order valence-corrected chi connectivity index (χ4v) is 1.94. The van der Waals surface area contributed by atoms with Crippen molar-refractivity contribution in [3.05, 3.63) is 28.2 Å². The summed E-state index contributed by atoms with van der Waals surface area (Å²) in [4.78, 5) is 12.0. The van der Waals surface area contributed by atoms with Crippen molar-refractivity contribution in [3.63, 3.8) is 0 Å². The number of nitrogens with one attached hydrogen (secondary N) is 1. The number of carbonyl (C=O) groups excluding carboxylic acids is 1. The molecule has 0 aromatic heterocycles. The van der Waals surface area contributed by atoms with Gasteiger partial charge in [0.05, 0.1) is 10.0 Å². The molecule has 5 nitrogen and oxygen atoms in total. The topological polar surface area (TPSA) is 87.7 Å². The van der Waals surface area contributed by atoms with Gasteiger partial charge in [-0.3, -0.25) is 4.79 Å². The largest absolute Gasteiger partial charge is 0.409 e. The SMILES string of the molecule is N/C(=N/O)C1(C(=O)Nc2ccc(Cl)c(Cl)c2)CC1. The van der Waals surface area contributed by atoms with Gasteiger partial charge in [0.25, 0.3) is 0 Å². The van der Waals surface area contributed by atoms with Gasteiger partial charge in [-0.15, -0.1) is 0 Å². The number of nitrogens with two attached hydrogens (primary N) is 1. The number of nitrogens with zero attached hydrogens (tertiary/aromatic N) is 1. The van der Waals surface area contributed by atoms with Crippen LogP contribution in [-0.2, 0) is 4.79 Å². The Bertz CT molecular complexity index is 527. The molecule has 0 spiro atoms. The Kier molecular flexibility index (Phi) is 3.36. The molecule has 4 N–H and O–H groups in total. The first kappa shape index (κ1) is 13.0. The number of carbonyl (C=O) groups is 1. The monoisotopic (exact) mass is 287 g/mol.